The highest BCUT2D eigenvalue weighted by Crippen LogP contribution is 2.16. The largest absolute Gasteiger partial charge is 0.303 e. The third-order valence-electron chi connectivity index (χ3n) is 2.33. The molecule has 0 aliphatic heterocycles. The molecule has 0 aromatic carbocycles. The number of pyridine rings is 1. The van der Waals surface area contributed by atoms with E-state index in [0.717, 1.165) is 11.3 Å². The quantitative estimate of drug-likeness (QED) is 0.683. The molecule has 0 saturated carbocycles. The smallest absolute Gasteiger partial charge is 0.137 e. The minimum absolute atomic E-state index is 0.118. The molecule has 0 amide bonds. The van der Waals surface area contributed by atoms with Crippen LogP contribution < -0.4 is 0 Å². The Bertz CT molecular complexity index is 505. The Kier molecular flexibility index (Phi) is 1.97. The summed E-state index contributed by atoms with van der Waals surface area (Å²) < 4.78 is 1.96. The van der Waals surface area contributed by atoms with Crippen LogP contribution in [0.4, 0.5) is 0 Å². The lowest BCUT2D eigenvalue weighted by Crippen LogP contribution is -1.95. The molecule has 2 rings (SSSR count). The first-order valence-corrected chi connectivity index (χ1v) is 4.55. The zero-order valence-corrected chi connectivity index (χ0v) is 8.23. The van der Waals surface area contributed by atoms with Crippen molar-refractivity contribution in [2.24, 2.45) is 0 Å². The molecule has 0 aliphatic rings. The van der Waals surface area contributed by atoms with Crippen LogP contribution >= 0.6 is 0 Å². The maximum absolute atomic E-state index is 8.83. The molecule has 3 nitrogen and oxygen atoms in total. The van der Waals surface area contributed by atoms with E-state index in [1.54, 1.807) is 6.20 Å². The lowest BCUT2D eigenvalue weighted by molar-refractivity contribution is 0.897. The van der Waals surface area contributed by atoms with Crippen molar-refractivity contribution in [3.8, 4) is 6.07 Å². The topological polar surface area (TPSA) is 41.1 Å². The molecule has 70 valence electrons. The van der Waals surface area contributed by atoms with Crippen molar-refractivity contribution in [2.45, 2.75) is 19.8 Å². The van der Waals surface area contributed by atoms with Crippen molar-refractivity contribution in [3.63, 3.8) is 0 Å². The summed E-state index contributed by atoms with van der Waals surface area (Å²) in [4.78, 5) is 4.26. The Labute approximate surface area is 82.6 Å². The van der Waals surface area contributed by atoms with Gasteiger partial charge in [0.05, 0.1) is 23.9 Å². The lowest BCUT2D eigenvalue weighted by Gasteiger charge is -2.02. The monoisotopic (exact) mass is 185 g/mol. The van der Waals surface area contributed by atoms with Gasteiger partial charge in [0.2, 0.25) is 0 Å². The Morgan fingerprint density at radius 1 is 1.57 bits per heavy atom. The van der Waals surface area contributed by atoms with E-state index in [9.17, 15) is 0 Å². The second-order valence-corrected chi connectivity index (χ2v) is 3.47. The number of aromatic nitrogens is 2. The molecule has 1 atom stereocenters. The van der Waals surface area contributed by atoms with E-state index in [2.05, 4.69) is 11.1 Å². The zero-order chi connectivity index (χ0) is 10.1. The van der Waals surface area contributed by atoms with Crippen molar-refractivity contribution in [2.75, 3.05) is 0 Å². The third kappa shape index (κ3) is 1.25. The molecular formula is C11H11N3. The molecule has 0 fully saturated rings. The fourth-order valence-corrected chi connectivity index (χ4v) is 1.49. The highest BCUT2D eigenvalue weighted by atomic mass is 15.0. The van der Waals surface area contributed by atoms with Gasteiger partial charge in [-0.15, -0.1) is 0 Å². The van der Waals surface area contributed by atoms with Gasteiger partial charge in [-0.05, 0) is 31.5 Å². The molecule has 0 aliphatic carbocycles. The van der Waals surface area contributed by atoms with Crippen molar-refractivity contribution >= 4 is 5.65 Å². The number of rotatable bonds is 1. The van der Waals surface area contributed by atoms with Gasteiger partial charge < -0.3 is 4.40 Å². The van der Waals surface area contributed by atoms with Gasteiger partial charge in [-0.3, -0.25) is 0 Å². The van der Waals surface area contributed by atoms with Gasteiger partial charge in [0.1, 0.15) is 5.65 Å². The SMILES string of the molecule is Cc1ccn2c(C(C)C#N)cnc2c1. The average Bonchev–Trinajstić information content (AvgIpc) is 2.59. The summed E-state index contributed by atoms with van der Waals surface area (Å²) in [6, 6.07) is 6.24. The van der Waals surface area contributed by atoms with Crippen LogP contribution in [0.3, 0.4) is 0 Å². The van der Waals surface area contributed by atoms with Gasteiger partial charge in [0.25, 0.3) is 0 Å². The summed E-state index contributed by atoms with van der Waals surface area (Å²) in [5.41, 5.74) is 3.03. The van der Waals surface area contributed by atoms with Crippen LogP contribution in [-0.4, -0.2) is 9.38 Å². The van der Waals surface area contributed by atoms with Crippen LogP contribution in [0.1, 0.15) is 24.1 Å². The predicted octanol–water partition coefficient (Wildman–Crippen LogP) is 2.27. The van der Waals surface area contributed by atoms with E-state index in [1.165, 1.54) is 5.56 Å². The van der Waals surface area contributed by atoms with Crippen LogP contribution in [0.5, 0.6) is 0 Å². The number of aryl methyl sites for hydroxylation is 1. The average molecular weight is 185 g/mol. The molecule has 0 bridgehead atoms. The molecule has 2 aromatic rings. The first-order valence-electron chi connectivity index (χ1n) is 4.55. The van der Waals surface area contributed by atoms with Gasteiger partial charge in [0.15, 0.2) is 0 Å². The minimum Gasteiger partial charge on any atom is -0.303 e. The Hall–Kier alpha value is -1.82. The summed E-state index contributed by atoms with van der Waals surface area (Å²) in [5.74, 6) is -0.118. The number of hydrogen-bond donors (Lipinski definition) is 0. The molecule has 0 spiro atoms. The number of hydrogen-bond acceptors (Lipinski definition) is 2. The maximum atomic E-state index is 8.83. The highest BCUT2D eigenvalue weighted by molar-refractivity contribution is 5.44. The van der Waals surface area contributed by atoms with Gasteiger partial charge in [-0.2, -0.15) is 5.26 Å². The third-order valence-corrected chi connectivity index (χ3v) is 2.33. The summed E-state index contributed by atoms with van der Waals surface area (Å²) in [7, 11) is 0. The van der Waals surface area contributed by atoms with E-state index in [1.807, 2.05) is 36.6 Å². The minimum atomic E-state index is -0.118. The molecule has 1 unspecified atom stereocenters. The van der Waals surface area contributed by atoms with Gasteiger partial charge >= 0.3 is 0 Å². The van der Waals surface area contributed by atoms with Crippen molar-refractivity contribution < 1.29 is 0 Å². The summed E-state index contributed by atoms with van der Waals surface area (Å²) in [6.45, 7) is 3.91. The maximum Gasteiger partial charge on any atom is 0.137 e. The lowest BCUT2D eigenvalue weighted by atomic mass is 10.1. The normalized spacial score (nSPS) is 12.6. The molecule has 0 N–H and O–H groups in total. The van der Waals surface area contributed by atoms with E-state index >= 15 is 0 Å². The van der Waals surface area contributed by atoms with E-state index in [-0.39, 0.29) is 5.92 Å². The molecule has 14 heavy (non-hydrogen) atoms. The summed E-state index contributed by atoms with van der Waals surface area (Å²) in [6.07, 6.45) is 3.73. The Morgan fingerprint density at radius 3 is 3.07 bits per heavy atom. The molecular weight excluding hydrogens is 174 g/mol. The van der Waals surface area contributed by atoms with Gasteiger partial charge in [-0.25, -0.2) is 4.98 Å². The second-order valence-electron chi connectivity index (χ2n) is 3.47. The van der Waals surface area contributed by atoms with E-state index < -0.39 is 0 Å². The van der Waals surface area contributed by atoms with Gasteiger partial charge in [-0.1, -0.05) is 0 Å². The number of fused-ring (bicyclic) bond motifs is 1. The summed E-state index contributed by atoms with van der Waals surface area (Å²) in [5, 5.41) is 8.83. The second kappa shape index (κ2) is 3.15. The van der Waals surface area contributed by atoms with Crippen molar-refractivity contribution in [1.29, 1.82) is 5.26 Å². The van der Waals surface area contributed by atoms with Gasteiger partial charge in [0, 0.05) is 6.20 Å². The first kappa shape index (κ1) is 8.76. The molecule has 2 heterocycles. The van der Waals surface area contributed by atoms with Crippen molar-refractivity contribution in [1.82, 2.24) is 9.38 Å². The van der Waals surface area contributed by atoms with E-state index in [0.29, 0.717) is 0 Å². The van der Waals surface area contributed by atoms with Crippen LogP contribution in [0, 0.1) is 18.3 Å². The standard InChI is InChI=1S/C11H11N3/c1-8-3-4-14-10(9(2)6-12)7-13-11(14)5-8/h3-5,7,9H,1-2H3. The van der Waals surface area contributed by atoms with Crippen LogP contribution in [-0.2, 0) is 0 Å². The van der Waals surface area contributed by atoms with Crippen LogP contribution in [0.25, 0.3) is 5.65 Å². The predicted molar refractivity (Wildman–Crippen MR) is 54.0 cm³/mol. The fourth-order valence-electron chi connectivity index (χ4n) is 1.49. The Balaban J connectivity index is 2.65. The van der Waals surface area contributed by atoms with Crippen LogP contribution in [0.2, 0.25) is 0 Å². The number of nitrogens with zero attached hydrogens (tertiary/aromatic N) is 3. The first-order chi connectivity index (χ1) is 6.72. The molecule has 3 heteroatoms. The Morgan fingerprint density at radius 2 is 2.36 bits per heavy atom. The number of nitriles is 1. The molecule has 2 aromatic heterocycles. The zero-order valence-electron chi connectivity index (χ0n) is 8.23. The highest BCUT2D eigenvalue weighted by Gasteiger charge is 2.09. The van der Waals surface area contributed by atoms with Crippen LogP contribution in [0.15, 0.2) is 24.5 Å². The fraction of sp³-hybridized carbons (Fsp3) is 0.273. The summed E-state index contributed by atoms with van der Waals surface area (Å²) >= 11 is 0. The van der Waals surface area contributed by atoms with E-state index in [4.69, 9.17) is 5.26 Å². The molecule has 0 saturated heterocycles. The molecule has 0 radical (unpaired) electrons. The van der Waals surface area contributed by atoms with Crippen molar-refractivity contribution in [3.05, 3.63) is 35.8 Å². The number of imidazole rings is 1.